The van der Waals surface area contributed by atoms with Crippen LogP contribution in [0.5, 0.6) is 0 Å². The van der Waals surface area contributed by atoms with E-state index in [1.54, 1.807) is 12.1 Å². The molecule has 110 valence electrons. The van der Waals surface area contributed by atoms with Crippen molar-refractivity contribution in [3.8, 4) is 0 Å². The summed E-state index contributed by atoms with van der Waals surface area (Å²) in [6, 6.07) is 5.05. The quantitative estimate of drug-likeness (QED) is 0.493. The van der Waals surface area contributed by atoms with Gasteiger partial charge in [0.15, 0.2) is 0 Å². The molecule has 0 radical (unpaired) electrons. The average Bonchev–Trinajstić information content (AvgIpc) is 2.46. The molecule has 2 rings (SSSR count). The molecule has 1 aromatic rings. The molecule has 1 saturated heterocycles. The number of likely N-dealkylation sites (tertiary alicyclic amines) is 1. The molecular formula is C13H20N4O2S. The fourth-order valence-corrected chi connectivity index (χ4v) is 2.73. The van der Waals surface area contributed by atoms with Crippen LogP contribution in [0.1, 0.15) is 12.8 Å². The molecule has 3 N–H and O–H groups in total. The van der Waals surface area contributed by atoms with Crippen molar-refractivity contribution in [2.24, 2.45) is 11.1 Å². The molecule has 0 amide bonds. The first-order valence-electron chi connectivity index (χ1n) is 6.67. The van der Waals surface area contributed by atoms with Gasteiger partial charge in [-0.3, -0.25) is 15.3 Å². The van der Waals surface area contributed by atoms with Crippen LogP contribution in [-0.2, 0) is 0 Å². The molecule has 0 aliphatic carbocycles. The monoisotopic (exact) mass is 296 g/mol. The van der Waals surface area contributed by atoms with Gasteiger partial charge >= 0.3 is 0 Å². The van der Waals surface area contributed by atoms with E-state index < -0.39 is 0 Å². The van der Waals surface area contributed by atoms with Gasteiger partial charge in [0.25, 0.3) is 5.69 Å². The molecule has 0 saturated carbocycles. The van der Waals surface area contributed by atoms with Crippen LogP contribution in [0.4, 0.5) is 11.4 Å². The topological polar surface area (TPSA) is 84.4 Å². The number of nitrogens with zero attached hydrogens (tertiary/aromatic N) is 2. The van der Waals surface area contributed by atoms with Crippen molar-refractivity contribution in [2.75, 3.05) is 32.0 Å². The highest BCUT2D eigenvalue weighted by atomic mass is 32.2. The Morgan fingerprint density at radius 2 is 2.20 bits per heavy atom. The van der Waals surface area contributed by atoms with Crippen LogP contribution in [0, 0.1) is 16.0 Å². The number of piperidine rings is 1. The van der Waals surface area contributed by atoms with Gasteiger partial charge in [0.1, 0.15) is 5.69 Å². The number of hydrogen-bond acceptors (Lipinski definition) is 6. The maximum Gasteiger partial charge on any atom is 0.293 e. The van der Waals surface area contributed by atoms with E-state index in [-0.39, 0.29) is 10.6 Å². The molecule has 0 aromatic heterocycles. The smallest absolute Gasteiger partial charge is 0.293 e. The molecule has 1 heterocycles. The lowest BCUT2D eigenvalue weighted by molar-refractivity contribution is -0.384. The number of nitrogens with one attached hydrogen (secondary N) is 1. The van der Waals surface area contributed by atoms with Gasteiger partial charge in [-0.05, 0) is 63.0 Å². The third-order valence-corrected chi connectivity index (χ3v) is 4.25. The highest BCUT2D eigenvalue weighted by Crippen LogP contribution is 2.29. The van der Waals surface area contributed by atoms with Gasteiger partial charge in [-0.25, -0.2) is 0 Å². The summed E-state index contributed by atoms with van der Waals surface area (Å²) in [5.74, 6) is 0.578. The fourth-order valence-electron chi connectivity index (χ4n) is 2.41. The van der Waals surface area contributed by atoms with Crippen molar-refractivity contribution in [3.63, 3.8) is 0 Å². The maximum atomic E-state index is 11.1. The second kappa shape index (κ2) is 6.92. The third-order valence-electron chi connectivity index (χ3n) is 3.72. The zero-order valence-corrected chi connectivity index (χ0v) is 12.4. The highest BCUT2D eigenvalue weighted by Gasteiger charge is 2.19. The Morgan fingerprint density at radius 1 is 1.50 bits per heavy atom. The normalized spacial score (nSPS) is 17.1. The van der Waals surface area contributed by atoms with Crippen molar-refractivity contribution in [1.82, 2.24) is 4.90 Å². The zero-order chi connectivity index (χ0) is 14.5. The van der Waals surface area contributed by atoms with E-state index >= 15 is 0 Å². The Kier molecular flexibility index (Phi) is 5.22. The van der Waals surface area contributed by atoms with E-state index in [1.165, 1.54) is 6.07 Å². The molecule has 1 aliphatic rings. The Bertz CT molecular complexity index is 475. The summed E-state index contributed by atoms with van der Waals surface area (Å²) >= 11 is 1.02. The molecule has 20 heavy (non-hydrogen) atoms. The van der Waals surface area contributed by atoms with Crippen molar-refractivity contribution in [1.29, 1.82) is 0 Å². The van der Waals surface area contributed by atoms with Gasteiger partial charge in [0.2, 0.25) is 0 Å². The largest absolute Gasteiger partial charge is 0.379 e. The Hall–Kier alpha value is -1.31. The molecule has 0 unspecified atom stereocenters. The van der Waals surface area contributed by atoms with Gasteiger partial charge in [-0.15, -0.1) is 0 Å². The zero-order valence-electron chi connectivity index (χ0n) is 11.5. The van der Waals surface area contributed by atoms with Crippen LogP contribution in [0.3, 0.4) is 0 Å². The summed E-state index contributed by atoms with van der Waals surface area (Å²) in [5, 5.41) is 19.8. The summed E-state index contributed by atoms with van der Waals surface area (Å²) in [4.78, 5) is 13.7. The fraction of sp³-hybridized carbons (Fsp3) is 0.538. The number of nitro benzene ring substituents is 1. The number of benzene rings is 1. The highest BCUT2D eigenvalue weighted by molar-refractivity contribution is 7.97. The van der Waals surface area contributed by atoms with E-state index in [1.807, 2.05) is 0 Å². The van der Waals surface area contributed by atoms with E-state index in [0.29, 0.717) is 16.5 Å². The van der Waals surface area contributed by atoms with E-state index in [9.17, 15) is 10.1 Å². The van der Waals surface area contributed by atoms with Crippen LogP contribution in [-0.4, -0.2) is 36.5 Å². The first-order chi connectivity index (χ1) is 9.60. The lowest BCUT2D eigenvalue weighted by atomic mass is 9.97. The second-order valence-electron chi connectivity index (χ2n) is 5.18. The number of nitro groups is 1. The first kappa shape index (κ1) is 15.1. The Balaban J connectivity index is 2.00. The van der Waals surface area contributed by atoms with Crippen molar-refractivity contribution in [2.45, 2.75) is 17.7 Å². The first-order valence-corrected chi connectivity index (χ1v) is 7.55. The molecule has 0 atom stereocenters. The summed E-state index contributed by atoms with van der Waals surface area (Å²) in [5.41, 5.74) is 0.667. The van der Waals surface area contributed by atoms with Gasteiger partial charge in [-0.2, -0.15) is 0 Å². The number of rotatable bonds is 5. The van der Waals surface area contributed by atoms with Gasteiger partial charge < -0.3 is 10.2 Å². The lowest BCUT2D eigenvalue weighted by Gasteiger charge is -2.29. The van der Waals surface area contributed by atoms with Crippen molar-refractivity contribution in [3.05, 3.63) is 28.3 Å². The van der Waals surface area contributed by atoms with E-state index in [4.69, 9.17) is 5.14 Å². The van der Waals surface area contributed by atoms with Crippen LogP contribution >= 0.6 is 11.9 Å². The summed E-state index contributed by atoms with van der Waals surface area (Å²) in [7, 11) is 2.12. The van der Waals surface area contributed by atoms with E-state index in [0.717, 1.165) is 44.4 Å². The summed E-state index contributed by atoms with van der Waals surface area (Å²) < 4.78 is 0. The van der Waals surface area contributed by atoms with Crippen LogP contribution in [0.25, 0.3) is 0 Å². The Morgan fingerprint density at radius 3 is 2.80 bits per heavy atom. The molecular weight excluding hydrogens is 276 g/mol. The molecule has 1 fully saturated rings. The molecule has 0 spiro atoms. The lowest BCUT2D eigenvalue weighted by Crippen LogP contribution is -2.33. The minimum Gasteiger partial charge on any atom is -0.379 e. The second-order valence-corrected chi connectivity index (χ2v) is 5.89. The minimum absolute atomic E-state index is 0.0911. The predicted molar refractivity (Wildman–Crippen MR) is 81.9 cm³/mol. The van der Waals surface area contributed by atoms with Gasteiger partial charge in [0.05, 0.1) is 4.92 Å². The van der Waals surface area contributed by atoms with E-state index in [2.05, 4.69) is 17.3 Å². The van der Waals surface area contributed by atoms with Crippen molar-refractivity contribution >= 4 is 23.3 Å². The number of hydrogen-bond donors (Lipinski definition) is 2. The maximum absolute atomic E-state index is 11.1. The Labute approximate surface area is 123 Å². The molecule has 1 aromatic carbocycles. The summed E-state index contributed by atoms with van der Waals surface area (Å²) in [6.45, 7) is 2.97. The molecule has 1 aliphatic heterocycles. The molecule has 0 bridgehead atoms. The molecule has 6 nitrogen and oxygen atoms in total. The van der Waals surface area contributed by atoms with Crippen molar-refractivity contribution < 1.29 is 4.92 Å². The average molecular weight is 296 g/mol. The standard InChI is InChI=1S/C13H20N4O2S/c1-16-6-4-10(5-7-16)9-15-12-3-2-11(20-14)8-13(12)17(18)19/h2-3,8,10,15H,4-7,9,14H2,1H3. The number of nitrogens with two attached hydrogens (primary N) is 1. The SMILES string of the molecule is CN1CCC(CNc2ccc(SN)cc2[N+](=O)[O-])CC1. The summed E-state index contributed by atoms with van der Waals surface area (Å²) in [6.07, 6.45) is 2.27. The van der Waals surface area contributed by atoms with Crippen LogP contribution in [0.2, 0.25) is 0 Å². The molecule has 7 heteroatoms. The van der Waals surface area contributed by atoms with Gasteiger partial charge in [-0.1, -0.05) is 0 Å². The third kappa shape index (κ3) is 3.84. The predicted octanol–water partition coefficient (Wildman–Crippen LogP) is 2.31. The van der Waals surface area contributed by atoms with Crippen LogP contribution in [0.15, 0.2) is 23.1 Å². The number of anilines is 1. The van der Waals surface area contributed by atoms with Gasteiger partial charge in [0, 0.05) is 17.5 Å². The van der Waals surface area contributed by atoms with Crippen LogP contribution < -0.4 is 10.5 Å². The minimum atomic E-state index is -0.364.